The third-order valence-corrected chi connectivity index (χ3v) is 3.61. The number of ether oxygens (including phenoxy) is 1. The van der Waals surface area contributed by atoms with Gasteiger partial charge in [0.1, 0.15) is 5.75 Å². The Bertz CT molecular complexity index is 406. The van der Waals surface area contributed by atoms with E-state index in [0.29, 0.717) is 5.75 Å². The summed E-state index contributed by atoms with van der Waals surface area (Å²) >= 11 is 3.34. The lowest BCUT2D eigenvalue weighted by atomic mass is 10.1. The molecule has 0 spiro atoms. The maximum atomic E-state index is 9.95. The van der Waals surface area contributed by atoms with E-state index in [1.807, 2.05) is 18.2 Å². The van der Waals surface area contributed by atoms with Gasteiger partial charge in [-0.3, -0.25) is 4.90 Å². The van der Waals surface area contributed by atoms with E-state index in [0.717, 1.165) is 36.3 Å². The summed E-state index contributed by atoms with van der Waals surface area (Å²) in [7, 11) is 0. The highest BCUT2D eigenvalue weighted by atomic mass is 79.9. The molecule has 0 aromatic heterocycles. The number of benzene rings is 1. The van der Waals surface area contributed by atoms with Gasteiger partial charge >= 0.3 is 0 Å². The van der Waals surface area contributed by atoms with Gasteiger partial charge < -0.3 is 9.84 Å². The SMILES string of the molecule is CC1(C)CN(Cc2cccc(Br)c2O)CCO1. The van der Waals surface area contributed by atoms with Crippen molar-refractivity contribution < 1.29 is 9.84 Å². The average molecular weight is 300 g/mol. The Morgan fingerprint density at radius 2 is 2.24 bits per heavy atom. The van der Waals surface area contributed by atoms with Crippen molar-refractivity contribution in [3.63, 3.8) is 0 Å². The Morgan fingerprint density at radius 3 is 2.94 bits per heavy atom. The van der Waals surface area contributed by atoms with Crippen LogP contribution in [-0.4, -0.2) is 35.3 Å². The molecule has 1 aliphatic rings. The Labute approximate surface area is 111 Å². The van der Waals surface area contributed by atoms with Gasteiger partial charge in [0, 0.05) is 25.2 Å². The number of hydrogen-bond acceptors (Lipinski definition) is 3. The molecule has 1 heterocycles. The minimum absolute atomic E-state index is 0.0973. The van der Waals surface area contributed by atoms with Gasteiger partial charge in [0.05, 0.1) is 16.7 Å². The van der Waals surface area contributed by atoms with Crippen molar-refractivity contribution in [1.29, 1.82) is 0 Å². The number of phenolic OH excluding ortho intramolecular Hbond substituents is 1. The van der Waals surface area contributed by atoms with Gasteiger partial charge in [-0.25, -0.2) is 0 Å². The number of morpholine rings is 1. The summed E-state index contributed by atoms with van der Waals surface area (Å²) in [5, 5.41) is 9.95. The fourth-order valence-electron chi connectivity index (χ4n) is 2.18. The number of hydrogen-bond donors (Lipinski definition) is 1. The van der Waals surface area contributed by atoms with Crippen LogP contribution in [0.1, 0.15) is 19.4 Å². The van der Waals surface area contributed by atoms with E-state index in [1.54, 1.807) is 0 Å². The van der Waals surface area contributed by atoms with E-state index in [4.69, 9.17) is 4.74 Å². The fraction of sp³-hybridized carbons (Fsp3) is 0.538. The van der Waals surface area contributed by atoms with Gasteiger partial charge in [-0.1, -0.05) is 12.1 Å². The molecule has 1 fully saturated rings. The first-order chi connectivity index (χ1) is 7.98. The van der Waals surface area contributed by atoms with Crippen LogP contribution in [0.3, 0.4) is 0 Å². The lowest BCUT2D eigenvalue weighted by Gasteiger charge is -2.38. The van der Waals surface area contributed by atoms with Gasteiger partial charge in [-0.05, 0) is 35.8 Å². The molecule has 1 aromatic rings. The largest absolute Gasteiger partial charge is 0.506 e. The van der Waals surface area contributed by atoms with Crippen LogP contribution in [0.4, 0.5) is 0 Å². The van der Waals surface area contributed by atoms with Gasteiger partial charge in [0.15, 0.2) is 0 Å². The molecular weight excluding hydrogens is 282 g/mol. The minimum Gasteiger partial charge on any atom is -0.506 e. The maximum Gasteiger partial charge on any atom is 0.134 e. The number of para-hydroxylation sites is 1. The Morgan fingerprint density at radius 1 is 1.47 bits per heavy atom. The van der Waals surface area contributed by atoms with Crippen molar-refractivity contribution in [2.24, 2.45) is 0 Å². The van der Waals surface area contributed by atoms with E-state index in [2.05, 4.69) is 34.7 Å². The van der Waals surface area contributed by atoms with Crippen molar-refractivity contribution >= 4 is 15.9 Å². The van der Waals surface area contributed by atoms with E-state index in [9.17, 15) is 5.11 Å². The quantitative estimate of drug-likeness (QED) is 0.911. The molecule has 1 aromatic carbocycles. The van der Waals surface area contributed by atoms with E-state index in [-0.39, 0.29) is 5.60 Å². The lowest BCUT2D eigenvalue weighted by Crippen LogP contribution is -2.47. The lowest BCUT2D eigenvalue weighted by molar-refractivity contribution is -0.0883. The van der Waals surface area contributed by atoms with Crippen LogP contribution in [0, 0.1) is 0 Å². The summed E-state index contributed by atoms with van der Waals surface area (Å²) in [5.74, 6) is 0.344. The second-order valence-corrected chi connectivity index (χ2v) is 5.92. The molecular formula is C13H18BrNO2. The number of aromatic hydroxyl groups is 1. The first-order valence-corrected chi connectivity index (χ1v) is 6.60. The topological polar surface area (TPSA) is 32.7 Å². The van der Waals surface area contributed by atoms with Crippen molar-refractivity contribution in [2.45, 2.75) is 26.0 Å². The molecule has 1 N–H and O–H groups in total. The van der Waals surface area contributed by atoms with Crippen molar-refractivity contribution in [1.82, 2.24) is 4.90 Å². The molecule has 3 nitrogen and oxygen atoms in total. The molecule has 0 bridgehead atoms. The maximum absolute atomic E-state index is 9.95. The second-order valence-electron chi connectivity index (χ2n) is 5.07. The van der Waals surface area contributed by atoms with Crippen molar-refractivity contribution in [3.05, 3.63) is 28.2 Å². The standard InChI is InChI=1S/C13H18BrNO2/c1-13(2)9-15(6-7-17-13)8-10-4-3-5-11(14)12(10)16/h3-5,16H,6-9H2,1-2H3. The third kappa shape index (κ3) is 3.21. The molecule has 0 unspecified atom stereocenters. The molecule has 0 radical (unpaired) electrons. The highest BCUT2D eigenvalue weighted by Crippen LogP contribution is 2.29. The zero-order valence-electron chi connectivity index (χ0n) is 10.2. The van der Waals surface area contributed by atoms with Crippen molar-refractivity contribution in [3.8, 4) is 5.75 Å². The molecule has 94 valence electrons. The van der Waals surface area contributed by atoms with Crippen LogP contribution in [-0.2, 0) is 11.3 Å². The first-order valence-electron chi connectivity index (χ1n) is 5.81. The molecule has 0 atom stereocenters. The highest BCUT2D eigenvalue weighted by molar-refractivity contribution is 9.10. The first kappa shape index (κ1) is 12.9. The molecule has 0 aliphatic carbocycles. The summed E-state index contributed by atoms with van der Waals surface area (Å²) in [6.07, 6.45) is 0. The minimum atomic E-state index is -0.0973. The highest BCUT2D eigenvalue weighted by Gasteiger charge is 2.27. The number of nitrogens with zero attached hydrogens (tertiary/aromatic N) is 1. The average Bonchev–Trinajstić information content (AvgIpc) is 2.23. The van der Waals surface area contributed by atoms with Crippen LogP contribution in [0.25, 0.3) is 0 Å². The predicted molar refractivity (Wildman–Crippen MR) is 71.1 cm³/mol. The molecule has 2 rings (SSSR count). The van der Waals surface area contributed by atoms with Crippen LogP contribution >= 0.6 is 15.9 Å². The molecule has 1 aliphatic heterocycles. The van der Waals surface area contributed by atoms with Gasteiger partial charge in [-0.2, -0.15) is 0 Å². The van der Waals surface area contributed by atoms with Crippen LogP contribution in [0.15, 0.2) is 22.7 Å². The summed E-state index contributed by atoms with van der Waals surface area (Å²) in [6.45, 7) is 7.51. The monoisotopic (exact) mass is 299 g/mol. The summed E-state index contributed by atoms with van der Waals surface area (Å²) < 4.78 is 6.43. The molecule has 4 heteroatoms. The summed E-state index contributed by atoms with van der Waals surface area (Å²) in [6, 6.07) is 5.76. The molecule has 0 saturated carbocycles. The third-order valence-electron chi connectivity index (χ3n) is 2.97. The Balaban J connectivity index is 2.08. The second kappa shape index (κ2) is 4.96. The van der Waals surface area contributed by atoms with E-state index >= 15 is 0 Å². The number of rotatable bonds is 2. The van der Waals surface area contributed by atoms with E-state index < -0.39 is 0 Å². The molecule has 0 amide bonds. The van der Waals surface area contributed by atoms with Gasteiger partial charge in [0.2, 0.25) is 0 Å². The van der Waals surface area contributed by atoms with Crippen molar-refractivity contribution in [2.75, 3.05) is 19.7 Å². The number of phenols is 1. The smallest absolute Gasteiger partial charge is 0.134 e. The Kier molecular flexibility index (Phi) is 3.76. The van der Waals surface area contributed by atoms with Gasteiger partial charge in [0.25, 0.3) is 0 Å². The van der Waals surface area contributed by atoms with E-state index in [1.165, 1.54) is 0 Å². The van der Waals surface area contributed by atoms with Gasteiger partial charge in [-0.15, -0.1) is 0 Å². The normalized spacial score (nSPS) is 20.4. The summed E-state index contributed by atoms with van der Waals surface area (Å²) in [4.78, 5) is 2.31. The zero-order chi connectivity index (χ0) is 12.5. The number of halogens is 1. The molecule has 1 saturated heterocycles. The van der Waals surface area contributed by atoms with Crippen LogP contribution in [0.2, 0.25) is 0 Å². The zero-order valence-corrected chi connectivity index (χ0v) is 11.8. The summed E-state index contributed by atoms with van der Waals surface area (Å²) in [5.41, 5.74) is 0.858. The fourth-order valence-corrected chi connectivity index (χ4v) is 2.58. The molecule has 17 heavy (non-hydrogen) atoms. The van der Waals surface area contributed by atoms with Crippen LogP contribution in [0.5, 0.6) is 5.75 Å². The predicted octanol–water partition coefficient (Wildman–Crippen LogP) is 2.77. The Hall–Kier alpha value is -0.580. The van der Waals surface area contributed by atoms with Crippen LogP contribution < -0.4 is 0 Å².